The van der Waals surface area contributed by atoms with Crippen molar-refractivity contribution in [3.63, 3.8) is 0 Å². The molecule has 0 aliphatic rings. The van der Waals surface area contributed by atoms with E-state index in [0.717, 1.165) is 55.3 Å². The van der Waals surface area contributed by atoms with Crippen LogP contribution >= 0.6 is 79.6 Å². The molecular formula is C56H71Br5N22O13. The van der Waals surface area contributed by atoms with Gasteiger partial charge in [-0.25, -0.2) is 14.0 Å². The first-order valence-corrected chi connectivity index (χ1v) is 33.1. The number of nitrogens with one attached hydrogen (secondary N) is 5. The molecule has 3 aromatic carbocycles. The SMILES string of the molecule is CCCn1[nH]c(=O)c([N+](=O)[O-])c1NCc1ccccc1.CCCn1nc(Br)c([N+](=O)[O-])c1Br.CCCn1nc(Br)c([N+](=O)[O-])c1NCc1ccccc1.CCCn1nc(OC)c(N)c1N.CCCn1nc(OC)c([N+](=O)[O-])c1NCc1ccccc1.O=[N+]([O-])c1c(Br)n[nH]c1Br. The van der Waals surface area contributed by atoms with Crippen LogP contribution in [0.25, 0.3) is 0 Å². The molecule has 0 amide bonds. The number of anilines is 5. The molecule has 9 N–H and O–H groups in total. The van der Waals surface area contributed by atoms with Gasteiger partial charge in [0.05, 0.1) is 38.8 Å². The topological polar surface area (TPSA) is 460 Å². The van der Waals surface area contributed by atoms with Gasteiger partial charge in [0.15, 0.2) is 9.21 Å². The summed E-state index contributed by atoms with van der Waals surface area (Å²) in [6.07, 6.45) is 4.29. The molecule has 0 aliphatic heterocycles. The first-order chi connectivity index (χ1) is 45.8. The lowest BCUT2D eigenvalue weighted by molar-refractivity contribution is -0.386. The Bertz CT molecular complexity index is 4010. The molecule has 0 saturated carbocycles. The number of aromatic amines is 2. The Morgan fingerprint density at radius 2 is 0.844 bits per heavy atom. The second-order valence-electron chi connectivity index (χ2n) is 19.6. The van der Waals surface area contributed by atoms with Crippen LogP contribution in [0.1, 0.15) is 83.4 Å². The number of nitrogens with zero attached hydrogens (tertiary/aromatic N) is 15. The number of benzene rings is 3. The highest BCUT2D eigenvalue weighted by Gasteiger charge is 2.30. The zero-order chi connectivity index (χ0) is 71.2. The van der Waals surface area contributed by atoms with Gasteiger partial charge < -0.3 is 36.9 Å². The van der Waals surface area contributed by atoms with Crippen molar-refractivity contribution in [3.05, 3.63) is 192 Å². The fourth-order valence-corrected chi connectivity index (χ4v) is 11.4. The molecule has 96 heavy (non-hydrogen) atoms. The van der Waals surface area contributed by atoms with Crippen molar-refractivity contribution in [1.82, 2.24) is 59.1 Å². The molecule has 518 valence electrons. The van der Waals surface area contributed by atoms with Crippen LogP contribution in [0, 0.1) is 50.6 Å². The van der Waals surface area contributed by atoms with Gasteiger partial charge in [0.25, 0.3) is 5.88 Å². The standard InChI is InChI=1S/C14H18N4O3.C13H15BrN4O2.C13H16N4O3.C7H14N4O.C6H7Br2N3O2.C3HBr2N3O2/c1-3-9-17-13(12(18(19)20)14(16-17)21-2)15-10-11-7-5-4-6-8-11;1-2-8-17-13(11(18(19)20)12(14)16-17)15-9-10-6-4-3-5-7-10;1-2-8-16-12(11(17(19)20)13(18)15-16)14-9-10-6-4-3-5-7-10;1-3-4-11-6(9)5(8)7(10-11)12-2;1-2-3-10-6(8)4(11(12)13)5(7)9-10;4-2-1(8(9)10)3(5)7-6-2/h4-8,15H,3,9-10H2,1-2H3;3-7,15H,2,8-9H2,1H3;3-7,14H,2,8-9H2,1H3,(H,15,18);3-4,8-9H2,1-2H3;2-3H2,1H3;(H,6,7). The molecule has 0 unspecified atom stereocenters. The molecule has 0 spiro atoms. The van der Waals surface area contributed by atoms with Gasteiger partial charge in [-0.3, -0.25) is 74.9 Å². The van der Waals surface area contributed by atoms with Crippen molar-refractivity contribution >= 4 is 137 Å². The summed E-state index contributed by atoms with van der Waals surface area (Å²) in [6, 6.07) is 28.9. The van der Waals surface area contributed by atoms with Gasteiger partial charge in [0.1, 0.15) is 11.5 Å². The number of nitro groups is 5. The van der Waals surface area contributed by atoms with E-state index in [4.69, 9.17) is 20.9 Å². The number of H-pyrrole nitrogens is 2. The van der Waals surface area contributed by atoms with Crippen molar-refractivity contribution in [2.45, 2.75) is 119 Å². The van der Waals surface area contributed by atoms with E-state index < -0.39 is 35.9 Å². The number of methoxy groups -OCH3 is 2. The highest BCUT2D eigenvalue weighted by molar-refractivity contribution is 9.11. The molecular weight excluding hydrogens is 1590 g/mol. The Morgan fingerprint density at radius 3 is 1.22 bits per heavy atom. The number of ether oxygens (including phenoxy) is 2. The number of nitrogen functional groups attached to an aromatic ring is 2. The number of halogens is 5. The number of hydrogen-bond acceptors (Lipinski definition) is 23. The predicted molar refractivity (Wildman–Crippen MR) is 379 cm³/mol. The van der Waals surface area contributed by atoms with E-state index in [1.54, 1.807) is 18.7 Å². The molecule has 9 aromatic rings. The summed E-state index contributed by atoms with van der Waals surface area (Å²) in [7, 11) is 2.90. The lowest BCUT2D eigenvalue weighted by Gasteiger charge is -2.08. The minimum atomic E-state index is -0.681. The maximum Gasteiger partial charge on any atom is 0.376 e. The van der Waals surface area contributed by atoms with Crippen LogP contribution in [-0.2, 0) is 52.4 Å². The van der Waals surface area contributed by atoms with E-state index in [1.807, 2.05) is 126 Å². The largest absolute Gasteiger partial charge is 0.478 e. The molecule has 0 bridgehead atoms. The molecule has 0 fully saturated rings. The summed E-state index contributed by atoms with van der Waals surface area (Å²) in [5.74, 6) is 1.96. The highest BCUT2D eigenvalue weighted by atomic mass is 79.9. The van der Waals surface area contributed by atoms with Gasteiger partial charge in [0.2, 0.25) is 31.3 Å². The molecule has 35 nitrogen and oxygen atoms in total. The summed E-state index contributed by atoms with van der Waals surface area (Å²) in [4.78, 5) is 63.3. The average Bonchev–Trinajstić information content (AvgIpc) is 1.79. The van der Waals surface area contributed by atoms with Gasteiger partial charge in [-0.2, -0.15) is 15.3 Å². The Kier molecular flexibility index (Phi) is 33.1. The number of hydrogen-bond donors (Lipinski definition) is 7. The zero-order valence-corrected chi connectivity index (χ0v) is 60.8. The van der Waals surface area contributed by atoms with Crippen LogP contribution < -0.4 is 42.5 Å². The van der Waals surface area contributed by atoms with E-state index in [9.17, 15) is 55.4 Å². The van der Waals surface area contributed by atoms with Crippen LogP contribution in [0.5, 0.6) is 11.8 Å². The molecule has 6 heterocycles. The van der Waals surface area contributed by atoms with Crippen LogP contribution in [0.15, 0.2) is 119 Å². The zero-order valence-electron chi connectivity index (χ0n) is 52.9. The minimum absolute atomic E-state index is 0.0191. The Morgan fingerprint density at radius 1 is 0.469 bits per heavy atom. The minimum Gasteiger partial charge on any atom is -0.478 e. The number of nitrogens with two attached hydrogens (primary N) is 2. The predicted octanol–water partition coefficient (Wildman–Crippen LogP) is 13.5. The fraction of sp³-hybridized carbons (Fsp3) is 0.357. The second kappa shape index (κ2) is 40.2. The maximum atomic E-state index is 11.6. The molecule has 9 rings (SSSR count). The Hall–Kier alpha value is -9.28. The van der Waals surface area contributed by atoms with Gasteiger partial charge in [-0.15, -0.1) is 10.2 Å². The Labute approximate surface area is 590 Å². The molecule has 6 aromatic heterocycles. The van der Waals surface area contributed by atoms with Gasteiger partial charge in [0, 0.05) is 52.4 Å². The third-order valence-electron chi connectivity index (χ3n) is 12.6. The smallest absolute Gasteiger partial charge is 0.376 e. The third-order valence-corrected chi connectivity index (χ3v) is 15.6. The summed E-state index contributed by atoms with van der Waals surface area (Å²) in [5, 5.41) is 88.1. The average molecular weight is 1660 g/mol. The summed E-state index contributed by atoms with van der Waals surface area (Å²) in [5.41, 5.74) is 13.4. The lowest BCUT2D eigenvalue weighted by atomic mass is 10.2. The molecule has 0 saturated heterocycles. The lowest BCUT2D eigenvalue weighted by Crippen LogP contribution is -2.09. The van der Waals surface area contributed by atoms with Crippen LogP contribution in [-0.4, -0.2) is 97.9 Å². The van der Waals surface area contributed by atoms with E-state index in [2.05, 4.69) is 131 Å². The van der Waals surface area contributed by atoms with Crippen molar-refractivity contribution in [2.75, 3.05) is 41.6 Å². The van der Waals surface area contributed by atoms with Gasteiger partial charge in [-0.05, 0) is 128 Å². The Balaban J connectivity index is 0.000000250. The molecule has 0 radical (unpaired) electrons. The number of aryl methyl sites for hydroxylation is 5. The van der Waals surface area contributed by atoms with E-state index in [0.29, 0.717) is 79.4 Å². The summed E-state index contributed by atoms with van der Waals surface area (Å²) in [6.45, 7) is 14.5. The fourth-order valence-electron chi connectivity index (χ4n) is 8.33. The molecule has 0 atom stereocenters. The van der Waals surface area contributed by atoms with Gasteiger partial charge >= 0.3 is 39.9 Å². The maximum absolute atomic E-state index is 11.6. The van der Waals surface area contributed by atoms with E-state index in [1.165, 1.54) is 18.9 Å². The van der Waals surface area contributed by atoms with E-state index >= 15 is 0 Å². The molecule has 0 aliphatic carbocycles. The van der Waals surface area contributed by atoms with E-state index in [-0.39, 0.29) is 52.9 Å². The first-order valence-electron chi connectivity index (χ1n) is 29.1. The normalized spacial score (nSPS) is 10.3. The second-order valence-corrected chi connectivity index (χ2v) is 23.4. The van der Waals surface area contributed by atoms with Crippen LogP contribution in [0.3, 0.4) is 0 Å². The van der Waals surface area contributed by atoms with Crippen molar-refractivity contribution < 1.29 is 34.1 Å². The highest BCUT2D eigenvalue weighted by Crippen LogP contribution is 2.37. The van der Waals surface area contributed by atoms with Crippen LogP contribution in [0.2, 0.25) is 0 Å². The van der Waals surface area contributed by atoms with Crippen LogP contribution in [0.4, 0.5) is 57.4 Å². The summed E-state index contributed by atoms with van der Waals surface area (Å²) < 4.78 is 19.2. The van der Waals surface area contributed by atoms with Crippen molar-refractivity contribution in [2.24, 2.45) is 0 Å². The number of aromatic nitrogens is 12. The monoisotopic (exact) mass is 1650 g/mol. The number of rotatable bonds is 26. The first kappa shape index (κ1) is 79.2. The third kappa shape index (κ3) is 22.7. The summed E-state index contributed by atoms with van der Waals surface area (Å²) >= 11 is 15.2. The van der Waals surface area contributed by atoms with Gasteiger partial charge in [-0.1, -0.05) is 126 Å². The van der Waals surface area contributed by atoms with Crippen molar-refractivity contribution in [3.8, 4) is 11.8 Å². The van der Waals surface area contributed by atoms with Crippen molar-refractivity contribution in [1.29, 1.82) is 0 Å². The quantitative estimate of drug-likeness (QED) is 0.0195. The molecule has 40 heteroatoms.